The average Bonchev–Trinajstić information content (AvgIpc) is 3.63. The van der Waals surface area contributed by atoms with Crippen LogP contribution in [0.2, 0.25) is 0 Å². The first-order chi connectivity index (χ1) is 17.4. The number of hydrogen-bond donors (Lipinski definition) is 1. The minimum atomic E-state index is -0.904. The van der Waals surface area contributed by atoms with Crippen LogP contribution in [-0.4, -0.2) is 71.6 Å². The zero-order valence-electron chi connectivity index (χ0n) is 19.6. The normalized spacial score (nSPS) is 22.8. The van der Waals surface area contributed by atoms with Crippen LogP contribution in [0.3, 0.4) is 0 Å². The molecule has 2 fully saturated rings. The van der Waals surface area contributed by atoms with Crippen LogP contribution < -0.4 is 19.9 Å². The molecule has 3 aliphatic heterocycles. The summed E-state index contributed by atoms with van der Waals surface area (Å²) < 4.78 is 26.2. The maximum atomic E-state index is 13.2. The fraction of sp³-hybridized carbons (Fsp3) is 0.360. The number of carbonyl (C=O) groups excluding carboxylic acids is 2. The summed E-state index contributed by atoms with van der Waals surface area (Å²) in [7, 11) is 1.67. The van der Waals surface area contributed by atoms with Crippen LogP contribution in [0.1, 0.15) is 22.6 Å². The Hall–Kier alpha value is -3.99. The minimum Gasteiger partial charge on any atom is -0.489 e. The van der Waals surface area contributed by atoms with Gasteiger partial charge in [-0.25, -0.2) is 14.1 Å². The van der Waals surface area contributed by atoms with Gasteiger partial charge in [0, 0.05) is 19.3 Å². The van der Waals surface area contributed by atoms with Crippen LogP contribution >= 0.6 is 0 Å². The van der Waals surface area contributed by atoms with Crippen molar-refractivity contribution in [2.75, 3.05) is 36.6 Å². The van der Waals surface area contributed by atoms with E-state index in [9.17, 15) is 14.0 Å². The van der Waals surface area contributed by atoms with Crippen molar-refractivity contribution in [2.24, 2.45) is 0 Å². The Labute approximate surface area is 206 Å². The van der Waals surface area contributed by atoms with Crippen molar-refractivity contribution in [3.8, 4) is 5.75 Å². The molecule has 1 aromatic heterocycles. The number of fused-ring (bicyclic) bond motifs is 3. The smallest absolute Gasteiger partial charge is 0.291 e. The van der Waals surface area contributed by atoms with Gasteiger partial charge in [-0.2, -0.15) is 0 Å². The number of nitrogens with zero attached hydrogens (tertiary/aromatic N) is 5. The van der Waals surface area contributed by atoms with Gasteiger partial charge in [0.25, 0.3) is 11.8 Å². The molecule has 2 aromatic carbocycles. The molecule has 0 aliphatic carbocycles. The Morgan fingerprint density at radius 2 is 2.03 bits per heavy atom. The highest BCUT2D eigenvalue weighted by atomic mass is 19.1. The number of benzene rings is 2. The first-order valence-corrected chi connectivity index (χ1v) is 11.8. The summed E-state index contributed by atoms with van der Waals surface area (Å²) in [5.41, 5.74) is 2.49. The van der Waals surface area contributed by atoms with Crippen molar-refractivity contribution < 1.29 is 23.5 Å². The molecule has 2 bridgehead atoms. The number of ether oxygens (including phenoxy) is 2. The van der Waals surface area contributed by atoms with Gasteiger partial charge in [0.05, 0.1) is 31.0 Å². The largest absolute Gasteiger partial charge is 0.489 e. The van der Waals surface area contributed by atoms with Crippen LogP contribution in [0.15, 0.2) is 48.8 Å². The van der Waals surface area contributed by atoms with Gasteiger partial charge in [0.2, 0.25) is 5.82 Å². The molecule has 3 atom stereocenters. The Morgan fingerprint density at radius 3 is 2.78 bits per heavy atom. The summed E-state index contributed by atoms with van der Waals surface area (Å²) in [6.45, 7) is 1.87. The van der Waals surface area contributed by atoms with Crippen molar-refractivity contribution in [1.29, 1.82) is 0 Å². The van der Waals surface area contributed by atoms with Gasteiger partial charge in [0.15, 0.2) is 0 Å². The Kier molecular flexibility index (Phi) is 5.56. The number of halogens is 1. The Bertz CT molecular complexity index is 1310. The summed E-state index contributed by atoms with van der Waals surface area (Å²) in [5, 5.41) is 6.89. The van der Waals surface area contributed by atoms with E-state index in [1.165, 1.54) is 28.0 Å². The number of morpholine rings is 1. The maximum absolute atomic E-state index is 13.2. The van der Waals surface area contributed by atoms with Crippen LogP contribution in [0, 0.1) is 5.82 Å². The number of anilines is 2. The summed E-state index contributed by atoms with van der Waals surface area (Å²) >= 11 is 0. The molecular weight excluding hydrogens is 467 g/mol. The summed E-state index contributed by atoms with van der Waals surface area (Å²) in [6, 6.07) is 11.3. The zero-order chi connectivity index (χ0) is 24.8. The van der Waals surface area contributed by atoms with Crippen molar-refractivity contribution >= 4 is 23.2 Å². The third kappa shape index (κ3) is 4.15. The van der Waals surface area contributed by atoms with Gasteiger partial charge in [0.1, 0.15) is 30.5 Å². The fourth-order valence-corrected chi connectivity index (χ4v) is 4.96. The summed E-state index contributed by atoms with van der Waals surface area (Å²) in [6.07, 6.45) is 2.70. The van der Waals surface area contributed by atoms with Gasteiger partial charge in [-0.1, -0.05) is 12.1 Å². The van der Waals surface area contributed by atoms with Crippen LogP contribution in [-0.2, 0) is 16.1 Å². The van der Waals surface area contributed by atoms with E-state index < -0.39 is 11.9 Å². The van der Waals surface area contributed by atoms with E-state index in [0.29, 0.717) is 24.0 Å². The third-order valence-electron chi connectivity index (χ3n) is 6.87. The first kappa shape index (κ1) is 22.5. The number of hydrogen-bond acceptors (Lipinski definition) is 7. The van der Waals surface area contributed by atoms with Crippen molar-refractivity contribution in [2.45, 2.75) is 31.2 Å². The second-order valence-corrected chi connectivity index (χ2v) is 9.28. The lowest BCUT2D eigenvalue weighted by molar-refractivity contribution is -0.120. The molecule has 0 spiro atoms. The molecule has 0 saturated carbocycles. The summed E-state index contributed by atoms with van der Waals surface area (Å²) in [4.78, 5) is 33.9. The molecule has 1 N–H and O–H groups in total. The SMILES string of the molecule is CN1C(=O)[C@H](NC(=O)c2ncn(Cc3ccc(F)cc3)n2)COc2ccc(N3C[C@@H]4C[C@H]3CO4)cc21. The van der Waals surface area contributed by atoms with E-state index in [-0.39, 0.29) is 30.3 Å². The minimum absolute atomic E-state index is 0.0141. The fourth-order valence-electron chi connectivity index (χ4n) is 4.96. The Morgan fingerprint density at radius 1 is 1.19 bits per heavy atom. The zero-order valence-corrected chi connectivity index (χ0v) is 19.6. The molecule has 0 unspecified atom stereocenters. The van der Waals surface area contributed by atoms with Crippen molar-refractivity contribution in [3.05, 3.63) is 66.0 Å². The van der Waals surface area contributed by atoms with Crippen molar-refractivity contribution in [1.82, 2.24) is 20.1 Å². The molecule has 4 heterocycles. The van der Waals surface area contributed by atoms with Crippen LogP contribution in [0.25, 0.3) is 0 Å². The highest BCUT2D eigenvalue weighted by molar-refractivity contribution is 6.02. The lowest BCUT2D eigenvalue weighted by Gasteiger charge is -2.30. The monoisotopic (exact) mass is 492 g/mol. The maximum Gasteiger partial charge on any atom is 0.291 e. The third-order valence-corrected chi connectivity index (χ3v) is 6.87. The molecule has 11 heteroatoms. The summed E-state index contributed by atoms with van der Waals surface area (Å²) in [5.74, 6) is -0.690. The van der Waals surface area contributed by atoms with Gasteiger partial charge >= 0.3 is 0 Å². The average molecular weight is 493 g/mol. The van der Waals surface area contributed by atoms with Crippen LogP contribution in [0.4, 0.5) is 15.8 Å². The topological polar surface area (TPSA) is 102 Å². The molecule has 36 heavy (non-hydrogen) atoms. The predicted molar refractivity (Wildman–Crippen MR) is 128 cm³/mol. The molecular formula is C25H25FN6O4. The molecule has 10 nitrogen and oxygen atoms in total. The number of aromatic nitrogens is 3. The second-order valence-electron chi connectivity index (χ2n) is 9.28. The molecule has 186 valence electrons. The number of amides is 2. The van der Waals surface area contributed by atoms with E-state index in [1.807, 2.05) is 18.2 Å². The van der Waals surface area contributed by atoms with Gasteiger partial charge in [-0.3, -0.25) is 9.59 Å². The van der Waals surface area contributed by atoms with Gasteiger partial charge < -0.3 is 24.6 Å². The van der Waals surface area contributed by atoms with Crippen LogP contribution in [0.5, 0.6) is 5.75 Å². The second kappa shape index (κ2) is 8.90. The Balaban J connectivity index is 1.14. The number of likely N-dealkylation sites (N-methyl/N-ethyl adjacent to an activating group) is 1. The van der Waals surface area contributed by atoms with Crippen molar-refractivity contribution in [3.63, 3.8) is 0 Å². The lowest BCUT2D eigenvalue weighted by Crippen LogP contribution is -2.49. The van der Waals surface area contributed by atoms with Gasteiger partial charge in [-0.05, 0) is 42.3 Å². The molecule has 0 radical (unpaired) electrons. The van der Waals surface area contributed by atoms with E-state index in [0.717, 1.165) is 30.8 Å². The molecule has 2 saturated heterocycles. The van der Waals surface area contributed by atoms with E-state index in [2.05, 4.69) is 20.3 Å². The highest BCUT2D eigenvalue weighted by Gasteiger charge is 2.40. The lowest BCUT2D eigenvalue weighted by atomic mass is 10.2. The first-order valence-electron chi connectivity index (χ1n) is 11.8. The molecule has 2 amide bonds. The number of nitrogens with one attached hydrogen (secondary N) is 1. The number of rotatable bonds is 5. The molecule has 3 aromatic rings. The highest BCUT2D eigenvalue weighted by Crippen LogP contribution is 2.38. The molecule has 6 rings (SSSR count). The predicted octanol–water partition coefficient (Wildman–Crippen LogP) is 1.60. The standard InChI is InChI=1S/C25H25FN6O4/c1-30-21-9-17(32-11-19-8-18(32)12-35-19)6-7-22(21)36-13-20(25(30)34)28-24(33)23-27-14-31(29-23)10-15-2-4-16(26)5-3-15/h2-7,9,14,18-20H,8,10-13H2,1H3,(H,28,33)/t18-,19-,20+/m0/s1. The molecule has 3 aliphatic rings. The van der Waals surface area contributed by atoms with Gasteiger partial charge in [-0.15, -0.1) is 5.10 Å². The van der Waals surface area contributed by atoms with E-state index in [4.69, 9.17) is 9.47 Å². The van der Waals surface area contributed by atoms with E-state index >= 15 is 0 Å². The van der Waals surface area contributed by atoms with E-state index in [1.54, 1.807) is 19.2 Å². The number of carbonyl (C=O) groups is 2. The quantitative estimate of drug-likeness (QED) is 0.577.